The van der Waals surface area contributed by atoms with Gasteiger partial charge in [-0.1, -0.05) is 23.8 Å². The number of nitrogens with one attached hydrogen (secondary N) is 1. The Morgan fingerprint density at radius 1 is 1.04 bits per heavy atom. The van der Waals surface area contributed by atoms with E-state index in [9.17, 15) is 4.79 Å². The van der Waals surface area contributed by atoms with Crippen LogP contribution >= 0.6 is 0 Å². The molecular formula is C22H27NO3. The van der Waals surface area contributed by atoms with E-state index in [1.165, 1.54) is 29.5 Å². The fourth-order valence-corrected chi connectivity index (χ4v) is 3.16. The summed E-state index contributed by atoms with van der Waals surface area (Å²) in [6.45, 7) is 4.69. The molecule has 0 fully saturated rings. The average molecular weight is 353 g/mol. The molecule has 4 heteroatoms. The van der Waals surface area contributed by atoms with E-state index in [-0.39, 0.29) is 5.91 Å². The second kappa shape index (κ2) is 8.75. The van der Waals surface area contributed by atoms with Gasteiger partial charge in [-0.2, -0.15) is 0 Å². The zero-order valence-corrected chi connectivity index (χ0v) is 15.6. The van der Waals surface area contributed by atoms with Crippen molar-refractivity contribution < 1.29 is 14.3 Å². The van der Waals surface area contributed by atoms with Gasteiger partial charge in [-0.3, -0.25) is 4.79 Å². The van der Waals surface area contributed by atoms with Crippen molar-refractivity contribution in [1.29, 1.82) is 0 Å². The van der Waals surface area contributed by atoms with Gasteiger partial charge in [-0.25, -0.2) is 0 Å². The molecule has 1 amide bonds. The molecule has 0 bridgehead atoms. The van der Waals surface area contributed by atoms with E-state index < -0.39 is 6.10 Å². The minimum absolute atomic E-state index is 0.129. The van der Waals surface area contributed by atoms with Crippen molar-refractivity contribution in [1.82, 2.24) is 5.32 Å². The van der Waals surface area contributed by atoms with Gasteiger partial charge >= 0.3 is 0 Å². The monoisotopic (exact) mass is 353 g/mol. The van der Waals surface area contributed by atoms with Crippen LogP contribution in [0.15, 0.2) is 42.5 Å². The van der Waals surface area contributed by atoms with E-state index >= 15 is 0 Å². The molecule has 0 spiro atoms. The number of ether oxygens (including phenoxy) is 2. The van der Waals surface area contributed by atoms with Crippen molar-refractivity contribution in [2.45, 2.75) is 45.6 Å². The fourth-order valence-electron chi connectivity index (χ4n) is 3.16. The van der Waals surface area contributed by atoms with Gasteiger partial charge in [0.05, 0.1) is 6.54 Å². The lowest BCUT2D eigenvalue weighted by atomic mass is 9.92. The van der Waals surface area contributed by atoms with Gasteiger partial charge in [0.1, 0.15) is 18.1 Å². The Balaban J connectivity index is 1.42. The van der Waals surface area contributed by atoms with Crippen molar-refractivity contribution >= 4 is 5.91 Å². The van der Waals surface area contributed by atoms with Crippen molar-refractivity contribution in [3.05, 3.63) is 59.2 Å². The number of benzene rings is 2. The quantitative estimate of drug-likeness (QED) is 0.770. The molecule has 2 aromatic rings. The smallest absolute Gasteiger partial charge is 0.260 e. The summed E-state index contributed by atoms with van der Waals surface area (Å²) in [7, 11) is 0. The van der Waals surface area contributed by atoms with E-state index in [0.717, 1.165) is 24.3 Å². The Morgan fingerprint density at radius 3 is 2.50 bits per heavy atom. The summed E-state index contributed by atoms with van der Waals surface area (Å²) in [5.74, 6) is 1.45. The highest BCUT2D eigenvalue weighted by Gasteiger charge is 2.16. The molecule has 0 aliphatic heterocycles. The summed E-state index contributed by atoms with van der Waals surface area (Å²) < 4.78 is 11.4. The topological polar surface area (TPSA) is 47.6 Å². The highest BCUT2D eigenvalue weighted by molar-refractivity contribution is 5.80. The summed E-state index contributed by atoms with van der Waals surface area (Å²) in [5.41, 5.74) is 3.96. The Kier molecular flexibility index (Phi) is 6.16. The minimum atomic E-state index is -0.531. The molecule has 0 radical (unpaired) electrons. The standard InChI is InChI=1S/C22H27NO3/c1-16-7-10-20(11-8-16)25-14-13-23-22(24)17(2)26-21-12-9-18-5-3-4-6-19(18)15-21/h7-12,15,17H,3-6,13-14H2,1-2H3,(H,23,24). The van der Waals surface area contributed by atoms with Gasteiger partial charge in [-0.05, 0) is 74.9 Å². The van der Waals surface area contributed by atoms with Crippen molar-refractivity contribution in [3.8, 4) is 11.5 Å². The molecule has 1 unspecified atom stereocenters. The summed E-state index contributed by atoms with van der Waals surface area (Å²) in [5, 5.41) is 2.86. The van der Waals surface area contributed by atoms with E-state index in [1.54, 1.807) is 6.92 Å². The van der Waals surface area contributed by atoms with E-state index in [1.807, 2.05) is 37.3 Å². The first-order valence-corrected chi connectivity index (χ1v) is 9.37. The molecule has 1 N–H and O–H groups in total. The Bertz CT molecular complexity index is 740. The molecule has 0 saturated heterocycles. The molecule has 1 aliphatic carbocycles. The number of aryl methyl sites for hydroxylation is 3. The normalized spacial score (nSPS) is 14.2. The molecule has 2 aromatic carbocycles. The highest BCUT2D eigenvalue weighted by Crippen LogP contribution is 2.25. The van der Waals surface area contributed by atoms with Crippen LogP contribution in [0.3, 0.4) is 0 Å². The lowest BCUT2D eigenvalue weighted by molar-refractivity contribution is -0.127. The summed E-state index contributed by atoms with van der Waals surface area (Å²) in [6.07, 6.45) is 4.20. The van der Waals surface area contributed by atoms with Gasteiger partial charge in [0.25, 0.3) is 5.91 Å². The number of amides is 1. The van der Waals surface area contributed by atoms with Crippen LogP contribution in [0.2, 0.25) is 0 Å². The lowest BCUT2D eigenvalue weighted by Gasteiger charge is -2.19. The van der Waals surface area contributed by atoms with Crippen LogP contribution in [0.25, 0.3) is 0 Å². The largest absolute Gasteiger partial charge is 0.492 e. The molecule has 0 aromatic heterocycles. The third kappa shape index (κ3) is 5.01. The molecule has 26 heavy (non-hydrogen) atoms. The predicted molar refractivity (Wildman–Crippen MR) is 103 cm³/mol. The maximum atomic E-state index is 12.2. The average Bonchev–Trinajstić information content (AvgIpc) is 2.66. The molecule has 4 nitrogen and oxygen atoms in total. The maximum absolute atomic E-state index is 12.2. The molecule has 1 aliphatic rings. The number of carbonyl (C=O) groups excluding carboxylic acids is 1. The molecule has 0 heterocycles. The van der Waals surface area contributed by atoms with Gasteiger partial charge in [0, 0.05) is 0 Å². The SMILES string of the molecule is Cc1ccc(OCCNC(=O)C(C)Oc2ccc3c(c2)CCCC3)cc1. The molecule has 138 valence electrons. The first-order chi connectivity index (χ1) is 12.6. The summed E-state index contributed by atoms with van der Waals surface area (Å²) in [6, 6.07) is 14.0. The van der Waals surface area contributed by atoms with Gasteiger partial charge < -0.3 is 14.8 Å². The number of rotatable bonds is 7. The van der Waals surface area contributed by atoms with Gasteiger partial charge in [-0.15, -0.1) is 0 Å². The Hall–Kier alpha value is -2.49. The summed E-state index contributed by atoms with van der Waals surface area (Å²) >= 11 is 0. The number of fused-ring (bicyclic) bond motifs is 1. The maximum Gasteiger partial charge on any atom is 0.260 e. The Labute approximate surface area is 155 Å². The van der Waals surface area contributed by atoms with Crippen LogP contribution in [-0.2, 0) is 17.6 Å². The number of carbonyl (C=O) groups is 1. The van der Waals surface area contributed by atoms with Gasteiger partial charge in [0.15, 0.2) is 6.10 Å². The molecular weight excluding hydrogens is 326 g/mol. The molecule has 3 rings (SSSR count). The Morgan fingerprint density at radius 2 is 1.73 bits per heavy atom. The third-order valence-corrected chi connectivity index (χ3v) is 4.69. The van der Waals surface area contributed by atoms with Gasteiger partial charge in [0.2, 0.25) is 0 Å². The zero-order chi connectivity index (χ0) is 18.4. The number of hydrogen-bond donors (Lipinski definition) is 1. The van der Waals surface area contributed by atoms with Crippen LogP contribution in [0, 0.1) is 6.92 Å². The second-order valence-corrected chi connectivity index (χ2v) is 6.85. The molecule has 0 saturated carbocycles. The first-order valence-electron chi connectivity index (χ1n) is 9.37. The van der Waals surface area contributed by atoms with Crippen LogP contribution in [0.5, 0.6) is 11.5 Å². The molecule has 1 atom stereocenters. The van der Waals surface area contributed by atoms with Crippen molar-refractivity contribution in [3.63, 3.8) is 0 Å². The highest BCUT2D eigenvalue weighted by atomic mass is 16.5. The first kappa shape index (κ1) is 18.3. The zero-order valence-electron chi connectivity index (χ0n) is 15.6. The van der Waals surface area contributed by atoms with Crippen molar-refractivity contribution in [2.75, 3.05) is 13.2 Å². The third-order valence-electron chi connectivity index (χ3n) is 4.69. The van der Waals surface area contributed by atoms with E-state index in [4.69, 9.17) is 9.47 Å². The lowest BCUT2D eigenvalue weighted by Crippen LogP contribution is -2.38. The van der Waals surface area contributed by atoms with E-state index in [2.05, 4.69) is 17.4 Å². The second-order valence-electron chi connectivity index (χ2n) is 6.85. The summed E-state index contributed by atoms with van der Waals surface area (Å²) in [4.78, 5) is 12.2. The van der Waals surface area contributed by atoms with Crippen LogP contribution in [0.4, 0.5) is 0 Å². The van der Waals surface area contributed by atoms with E-state index in [0.29, 0.717) is 13.2 Å². The fraction of sp³-hybridized carbons (Fsp3) is 0.409. The van der Waals surface area contributed by atoms with Crippen molar-refractivity contribution in [2.24, 2.45) is 0 Å². The predicted octanol–water partition coefficient (Wildman–Crippen LogP) is 3.84. The minimum Gasteiger partial charge on any atom is -0.492 e. The number of hydrogen-bond acceptors (Lipinski definition) is 3. The van der Waals surface area contributed by atoms with Crippen LogP contribution in [-0.4, -0.2) is 25.2 Å². The van der Waals surface area contributed by atoms with Crippen LogP contribution in [0.1, 0.15) is 36.5 Å². The van der Waals surface area contributed by atoms with Crippen LogP contribution < -0.4 is 14.8 Å².